The number of nitrogens with zero attached hydrogens (tertiary/aromatic N) is 3. The fraction of sp³-hybridized carbons (Fsp3) is 0.438. The molecule has 2 rings (SSSR count). The minimum atomic E-state index is -3.89. The van der Waals surface area contributed by atoms with Gasteiger partial charge in [-0.2, -0.15) is 0 Å². The van der Waals surface area contributed by atoms with Gasteiger partial charge in [-0.25, -0.2) is 12.8 Å². The summed E-state index contributed by atoms with van der Waals surface area (Å²) in [6, 6.07) is 4.23. The van der Waals surface area contributed by atoms with Crippen molar-refractivity contribution in [2.75, 3.05) is 21.6 Å². The Hall–Kier alpha value is -1.72. The molecule has 148 valence electrons. The quantitative estimate of drug-likeness (QED) is 0.509. The lowest BCUT2D eigenvalue weighted by Crippen LogP contribution is -2.45. The normalized spacial score (nSPS) is 12.8. The summed E-state index contributed by atoms with van der Waals surface area (Å²) in [6.45, 7) is 5.56. The highest BCUT2D eigenvalue weighted by Crippen LogP contribution is 2.28. The van der Waals surface area contributed by atoms with Gasteiger partial charge in [0.15, 0.2) is 4.34 Å². The van der Waals surface area contributed by atoms with Crippen molar-refractivity contribution in [3.05, 3.63) is 30.1 Å². The molecule has 1 N–H and O–H groups in total. The van der Waals surface area contributed by atoms with Crippen LogP contribution < -0.4 is 9.62 Å². The molecule has 1 atom stereocenters. The Bertz CT molecular complexity index is 902. The molecule has 0 bridgehead atoms. The molecule has 1 heterocycles. The van der Waals surface area contributed by atoms with Gasteiger partial charge in [0.05, 0.1) is 11.9 Å². The lowest BCUT2D eigenvalue weighted by atomic mass is 10.2. The molecule has 2 aromatic rings. The summed E-state index contributed by atoms with van der Waals surface area (Å²) in [4.78, 5) is 12.6. The van der Waals surface area contributed by atoms with Crippen LogP contribution in [-0.2, 0) is 14.8 Å². The van der Waals surface area contributed by atoms with Crippen molar-refractivity contribution in [1.29, 1.82) is 0 Å². The third kappa shape index (κ3) is 5.88. The molecule has 0 unspecified atom stereocenters. The minimum Gasteiger partial charge on any atom is -0.299 e. The molecule has 1 aromatic carbocycles. The van der Waals surface area contributed by atoms with Gasteiger partial charge in [0.2, 0.25) is 21.1 Å². The van der Waals surface area contributed by atoms with Gasteiger partial charge in [-0.15, -0.1) is 10.2 Å². The van der Waals surface area contributed by atoms with Gasteiger partial charge in [-0.05, 0) is 25.0 Å². The first kappa shape index (κ1) is 21.6. The molecule has 1 aromatic heterocycles. The van der Waals surface area contributed by atoms with Crippen LogP contribution in [0.25, 0.3) is 0 Å². The number of aromatic nitrogens is 2. The van der Waals surface area contributed by atoms with Crippen LogP contribution in [0.15, 0.2) is 28.6 Å². The SMILES string of the molecule is CC(C)CSc1nnc(NC(=O)[C@H](C)N(c2ccccc2F)S(C)(=O)=O)s1. The Morgan fingerprint density at radius 1 is 1.30 bits per heavy atom. The van der Waals surface area contributed by atoms with Crippen LogP contribution in [0.1, 0.15) is 20.8 Å². The molecule has 0 saturated carbocycles. The number of amides is 1. The van der Waals surface area contributed by atoms with Crippen LogP contribution in [0.5, 0.6) is 0 Å². The molecule has 0 aliphatic carbocycles. The Morgan fingerprint density at radius 3 is 2.56 bits per heavy atom. The first-order valence-electron chi connectivity index (χ1n) is 8.10. The van der Waals surface area contributed by atoms with E-state index < -0.39 is 27.8 Å². The van der Waals surface area contributed by atoms with Crippen molar-refractivity contribution in [2.24, 2.45) is 5.92 Å². The highest BCUT2D eigenvalue weighted by Gasteiger charge is 2.31. The van der Waals surface area contributed by atoms with E-state index in [1.807, 2.05) is 0 Å². The second-order valence-corrected chi connectivity index (χ2v) is 10.4. The lowest BCUT2D eigenvalue weighted by molar-refractivity contribution is -0.116. The fourth-order valence-electron chi connectivity index (χ4n) is 2.18. The third-order valence-corrected chi connectivity index (χ3v) is 6.98. The molecule has 0 aliphatic rings. The van der Waals surface area contributed by atoms with E-state index >= 15 is 0 Å². The monoisotopic (exact) mass is 432 g/mol. The van der Waals surface area contributed by atoms with Crippen molar-refractivity contribution >= 4 is 49.8 Å². The summed E-state index contributed by atoms with van der Waals surface area (Å²) in [5.74, 6) is 0.000790. The Labute approximate surface area is 166 Å². The highest BCUT2D eigenvalue weighted by molar-refractivity contribution is 8.01. The maximum atomic E-state index is 14.1. The largest absolute Gasteiger partial charge is 0.299 e. The molecule has 7 nitrogen and oxygen atoms in total. The summed E-state index contributed by atoms with van der Waals surface area (Å²) in [5, 5.41) is 10.7. The third-order valence-electron chi connectivity index (χ3n) is 3.36. The van der Waals surface area contributed by atoms with E-state index in [4.69, 9.17) is 0 Å². The zero-order valence-electron chi connectivity index (χ0n) is 15.3. The van der Waals surface area contributed by atoms with Crippen molar-refractivity contribution in [1.82, 2.24) is 10.2 Å². The Balaban J connectivity index is 2.17. The smallest absolute Gasteiger partial charge is 0.249 e. The predicted octanol–water partition coefficient (Wildman–Crippen LogP) is 3.22. The number of anilines is 2. The number of sulfonamides is 1. The molecule has 0 radical (unpaired) electrons. The number of benzene rings is 1. The fourth-order valence-corrected chi connectivity index (χ4v) is 5.08. The standard InChI is InChI=1S/C16H21FN4O3S3/c1-10(2)9-25-16-20-19-15(26-16)18-14(22)11(3)21(27(4,23)24)13-8-6-5-7-12(13)17/h5-8,10-11H,9H2,1-4H3,(H,18,19,22)/t11-/m0/s1. The van der Waals surface area contributed by atoms with Crippen LogP contribution >= 0.6 is 23.1 Å². The summed E-state index contributed by atoms with van der Waals surface area (Å²) in [5.41, 5.74) is -0.187. The Morgan fingerprint density at radius 2 is 1.96 bits per heavy atom. The van der Waals surface area contributed by atoms with E-state index in [0.29, 0.717) is 10.3 Å². The molecule has 0 spiro atoms. The van der Waals surface area contributed by atoms with Crippen molar-refractivity contribution in [3.63, 3.8) is 0 Å². The van der Waals surface area contributed by atoms with Gasteiger partial charge in [-0.3, -0.25) is 14.4 Å². The average molecular weight is 433 g/mol. The number of rotatable bonds is 8. The van der Waals surface area contributed by atoms with Gasteiger partial charge in [0.25, 0.3) is 0 Å². The predicted molar refractivity (Wildman–Crippen MR) is 107 cm³/mol. The topological polar surface area (TPSA) is 92.3 Å². The molecular formula is C16H21FN4O3S3. The second-order valence-electron chi connectivity index (χ2n) is 6.25. The van der Waals surface area contributed by atoms with E-state index in [0.717, 1.165) is 22.4 Å². The molecule has 11 heteroatoms. The lowest BCUT2D eigenvalue weighted by Gasteiger charge is -2.28. The van der Waals surface area contributed by atoms with Crippen molar-refractivity contribution in [3.8, 4) is 0 Å². The first-order valence-corrected chi connectivity index (χ1v) is 11.8. The van der Waals surface area contributed by atoms with Gasteiger partial charge >= 0.3 is 0 Å². The van der Waals surface area contributed by atoms with E-state index in [2.05, 4.69) is 29.4 Å². The zero-order valence-corrected chi connectivity index (χ0v) is 17.8. The van der Waals surface area contributed by atoms with Crippen molar-refractivity contribution in [2.45, 2.75) is 31.2 Å². The summed E-state index contributed by atoms with van der Waals surface area (Å²) >= 11 is 2.74. The number of hydrogen-bond acceptors (Lipinski definition) is 7. The zero-order chi connectivity index (χ0) is 20.2. The van der Waals surface area contributed by atoms with Crippen LogP contribution in [0.2, 0.25) is 0 Å². The number of carbonyl (C=O) groups excluding carboxylic acids is 1. The van der Waals surface area contributed by atoms with E-state index in [1.54, 1.807) is 0 Å². The molecule has 1 amide bonds. The second kappa shape index (κ2) is 8.98. The molecule has 0 fully saturated rings. The summed E-state index contributed by atoms with van der Waals surface area (Å²) in [6.07, 6.45) is 0.925. The van der Waals surface area contributed by atoms with E-state index in [1.165, 1.54) is 48.2 Å². The summed E-state index contributed by atoms with van der Waals surface area (Å²) < 4.78 is 40.0. The number of halogens is 1. The van der Waals surface area contributed by atoms with E-state index in [-0.39, 0.29) is 10.8 Å². The summed E-state index contributed by atoms with van der Waals surface area (Å²) in [7, 11) is -3.89. The molecule has 0 saturated heterocycles. The molecular weight excluding hydrogens is 411 g/mol. The molecule has 27 heavy (non-hydrogen) atoms. The number of para-hydroxylation sites is 1. The van der Waals surface area contributed by atoms with Crippen molar-refractivity contribution < 1.29 is 17.6 Å². The number of thioether (sulfide) groups is 1. The van der Waals surface area contributed by atoms with Gasteiger partial charge in [0, 0.05) is 5.75 Å². The van der Waals surface area contributed by atoms with Crippen LogP contribution in [-0.4, -0.2) is 42.6 Å². The maximum absolute atomic E-state index is 14.1. The minimum absolute atomic E-state index is 0.187. The molecule has 0 aliphatic heterocycles. The first-order chi connectivity index (χ1) is 12.6. The maximum Gasteiger partial charge on any atom is 0.249 e. The number of carbonyl (C=O) groups is 1. The average Bonchev–Trinajstić information content (AvgIpc) is 3.01. The van der Waals surface area contributed by atoms with Gasteiger partial charge in [0.1, 0.15) is 11.9 Å². The van der Waals surface area contributed by atoms with Gasteiger partial charge < -0.3 is 0 Å². The van der Waals surface area contributed by atoms with Crippen LogP contribution in [0.3, 0.4) is 0 Å². The number of nitrogens with one attached hydrogen (secondary N) is 1. The number of hydrogen-bond donors (Lipinski definition) is 1. The van der Waals surface area contributed by atoms with Crippen LogP contribution in [0.4, 0.5) is 15.2 Å². The Kier molecular flexibility index (Phi) is 7.18. The van der Waals surface area contributed by atoms with Crippen LogP contribution in [0, 0.1) is 11.7 Å². The highest BCUT2D eigenvalue weighted by atomic mass is 32.2. The van der Waals surface area contributed by atoms with Gasteiger partial charge in [-0.1, -0.05) is 49.1 Å². The van der Waals surface area contributed by atoms with E-state index in [9.17, 15) is 17.6 Å².